The Morgan fingerprint density at radius 1 is 1.10 bits per heavy atom. The molecule has 1 aromatic carbocycles. The van der Waals surface area contributed by atoms with Gasteiger partial charge in [-0.3, -0.25) is 9.78 Å². The van der Waals surface area contributed by atoms with Gasteiger partial charge in [0.05, 0.1) is 0 Å². The highest BCUT2D eigenvalue weighted by Crippen LogP contribution is 2.21. The van der Waals surface area contributed by atoms with Crippen molar-refractivity contribution in [1.29, 1.82) is 0 Å². The number of carbonyl (C=O) groups is 1. The number of aryl methyl sites for hydroxylation is 1. The number of hydrogen-bond donors (Lipinski definition) is 0. The molecule has 0 bridgehead atoms. The molecule has 0 N–H and O–H groups in total. The molecule has 0 atom stereocenters. The van der Waals surface area contributed by atoms with Crippen molar-refractivity contribution < 1.29 is 4.79 Å². The van der Waals surface area contributed by atoms with E-state index in [2.05, 4.69) is 18.0 Å². The predicted octanol–water partition coefficient (Wildman–Crippen LogP) is 4.28. The monoisotopic (exact) mass is 281 g/mol. The first-order valence-corrected chi connectivity index (χ1v) is 7.54. The third-order valence-corrected chi connectivity index (χ3v) is 4.57. The fraction of sp³-hybridized carbons (Fsp3) is 0.176. The minimum Gasteiger partial charge on any atom is -0.292 e. The molecule has 0 aliphatic carbocycles. The normalized spacial score (nSPS) is 10.8. The standard InChI is InChI=1S/C17H15NOS/c1-2-13-7-8-14(20-13)11-16(19)17-15-6-4-3-5-12(15)9-10-18-17/h3-10H,2,11H2,1H3. The SMILES string of the molecule is CCc1ccc(CC(=O)c2nccc3ccccc23)s1. The molecular formula is C17H15NOS. The largest absolute Gasteiger partial charge is 0.292 e. The molecule has 100 valence electrons. The van der Waals surface area contributed by atoms with E-state index in [4.69, 9.17) is 0 Å². The second kappa shape index (κ2) is 5.55. The number of nitrogens with zero attached hydrogens (tertiary/aromatic N) is 1. The zero-order chi connectivity index (χ0) is 13.9. The average molecular weight is 281 g/mol. The number of thiophene rings is 1. The summed E-state index contributed by atoms with van der Waals surface area (Å²) in [5.41, 5.74) is 0.578. The molecule has 0 saturated carbocycles. The third-order valence-electron chi connectivity index (χ3n) is 3.34. The van der Waals surface area contributed by atoms with Gasteiger partial charge in [0, 0.05) is 27.8 Å². The van der Waals surface area contributed by atoms with Crippen LogP contribution in [0.25, 0.3) is 10.8 Å². The Bertz CT molecular complexity index is 755. The maximum atomic E-state index is 12.5. The molecule has 0 spiro atoms. The average Bonchev–Trinajstić information content (AvgIpc) is 2.94. The highest BCUT2D eigenvalue weighted by atomic mass is 32.1. The van der Waals surface area contributed by atoms with Crippen molar-refractivity contribution >= 4 is 27.9 Å². The zero-order valence-corrected chi connectivity index (χ0v) is 12.1. The van der Waals surface area contributed by atoms with Crippen LogP contribution in [-0.4, -0.2) is 10.8 Å². The molecule has 0 unspecified atom stereocenters. The number of benzene rings is 1. The molecule has 0 saturated heterocycles. The highest BCUT2D eigenvalue weighted by Gasteiger charge is 2.13. The Balaban J connectivity index is 1.92. The molecular weight excluding hydrogens is 266 g/mol. The summed E-state index contributed by atoms with van der Waals surface area (Å²) in [6, 6.07) is 14.0. The van der Waals surface area contributed by atoms with Crippen LogP contribution in [0.2, 0.25) is 0 Å². The molecule has 0 fully saturated rings. The number of carbonyl (C=O) groups excluding carboxylic acids is 1. The van der Waals surface area contributed by atoms with E-state index in [9.17, 15) is 4.79 Å². The topological polar surface area (TPSA) is 30.0 Å². The van der Waals surface area contributed by atoms with Crippen LogP contribution in [0.15, 0.2) is 48.7 Å². The van der Waals surface area contributed by atoms with Crippen molar-refractivity contribution in [2.75, 3.05) is 0 Å². The van der Waals surface area contributed by atoms with Gasteiger partial charge in [-0.25, -0.2) is 0 Å². The molecule has 2 aromatic heterocycles. The molecule has 0 radical (unpaired) electrons. The predicted molar refractivity (Wildman–Crippen MR) is 83.5 cm³/mol. The van der Waals surface area contributed by atoms with Crippen molar-refractivity contribution in [1.82, 2.24) is 4.98 Å². The summed E-state index contributed by atoms with van der Waals surface area (Å²) in [4.78, 5) is 19.2. The molecule has 2 heterocycles. The van der Waals surface area contributed by atoms with Crippen LogP contribution < -0.4 is 0 Å². The molecule has 2 nitrogen and oxygen atoms in total. The molecule has 0 amide bonds. The van der Waals surface area contributed by atoms with Gasteiger partial charge in [-0.1, -0.05) is 31.2 Å². The van der Waals surface area contributed by atoms with Gasteiger partial charge in [0.25, 0.3) is 0 Å². The summed E-state index contributed by atoms with van der Waals surface area (Å²) in [5.74, 6) is 0.0892. The summed E-state index contributed by atoms with van der Waals surface area (Å²) < 4.78 is 0. The van der Waals surface area contributed by atoms with Crippen molar-refractivity contribution in [3.05, 3.63) is 64.1 Å². The number of Topliss-reactive ketones (excluding diaryl/α,β-unsaturated/α-hetero) is 1. The lowest BCUT2D eigenvalue weighted by molar-refractivity contribution is 0.0991. The minimum absolute atomic E-state index is 0.0892. The van der Waals surface area contributed by atoms with Crippen LogP contribution in [0.1, 0.15) is 27.2 Å². The van der Waals surface area contributed by atoms with Gasteiger partial charge in [-0.2, -0.15) is 0 Å². The van der Waals surface area contributed by atoms with Gasteiger partial charge in [0.2, 0.25) is 0 Å². The molecule has 3 rings (SSSR count). The number of fused-ring (bicyclic) bond motifs is 1. The fourth-order valence-electron chi connectivity index (χ4n) is 2.29. The lowest BCUT2D eigenvalue weighted by Gasteiger charge is -2.03. The Morgan fingerprint density at radius 3 is 2.70 bits per heavy atom. The van der Waals surface area contributed by atoms with Crippen LogP contribution in [0.4, 0.5) is 0 Å². The van der Waals surface area contributed by atoms with E-state index in [1.54, 1.807) is 17.5 Å². The first-order chi connectivity index (χ1) is 9.78. The van der Waals surface area contributed by atoms with Crippen LogP contribution >= 0.6 is 11.3 Å². The smallest absolute Gasteiger partial charge is 0.186 e. The Hall–Kier alpha value is -2.00. The van der Waals surface area contributed by atoms with Crippen LogP contribution in [-0.2, 0) is 12.8 Å². The zero-order valence-electron chi connectivity index (χ0n) is 11.3. The van der Waals surface area contributed by atoms with Gasteiger partial charge >= 0.3 is 0 Å². The molecule has 0 aliphatic heterocycles. The van der Waals surface area contributed by atoms with Crippen molar-refractivity contribution in [2.45, 2.75) is 19.8 Å². The summed E-state index contributed by atoms with van der Waals surface area (Å²) in [6.45, 7) is 2.13. The van der Waals surface area contributed by atoms with Gasteiger partial charge in [0.15, 0.2) is 5.78 Å². The maximum absolute atomic E-state index is 12.5. The second-order valence-electron chi connectivity index (χ2n) is 4.70. The number of ketones is 1. The molecule has 3 aromatic rings. The third kappa shape index (κ3) is 2.49. The van der Waals surface area contributed by atoms with Gasteiger partial charge < -0.3 is 0 Å². The van der Waals surface area contributed by atoms with Crippen LogP contribution in [0.3, 0.4) is 0 Å². The van der Waals surface area contributed by atoms with Crippen molar-refractivity contribution in [3.63, 3.8) is 0 Å². The summed E-state index contributed by atoms with van der Waals surface area (Å²) in [6.07, 6.45) is 3.17. The summed E-state index contributed by atoms with van der Waals surface area (Å²) in [7, 11) is 0. The quantitative estimate of drug-likeness (QED) is 0.668. The number of hydrogen-bond acceptors (Lipinski definition) is 3. The molecule has 20 heavy (non-hydrogen) atoms. The number of rotatable bonds is 4. The summed E-state index contributed by atoms with van der Waals surface area (Å²) >= 11 is 1.71. The van der Waals surface area contributed by atoms with E-state index in [0.717, 1.165) is 22.1 Å². The van der Waals surface area contributed by atoms with E-state index in [1.165, 1.54) is 4.88 Å². The van der Waals surface area contributed by atoms with E-state index >= 15 is 0 Å². The maximum Gasteiger partial charge on any atom is 0.186 e. The first kappa shape index (κ1) is 13.0. The van der Waals surface area contributed by atoms with E-state index in [1.807, 2.05) is 36.4 Å². The van der Waals surface area contributed by atoms with Crippen molar-refractivity contribution in [3.8, 4) is 0 Å². The van der Waals surface area contributed by atoms with Crippen LogP contribution in [0, 0.1) is 0 Å². The highest BCUT2D eigenvalue weighted by molar-refractivity contribution is 7.12. The Kier molecular flexibility index (Phi) is 3.61. The van der Waals surface area contributed by atoms with Gasteiger partial charge in [-0.05, 0) is 30.0 Å². The molecule has 3 heteroatoms. The lowest BCUT2D eigenvalue weighted by Crippen LogP contribution is -2.05. The molecule has 0 aliphatic rings. The number of aromatic nitrogens is 1. The summed E-state index contributed by atoms with van der Waals surface area (Å²) in [5, 5.41) is 2.00. The fourth-order valence-corrected chi connectivity index (χ4v) is 3.25. The van der Waals surface area contributed by atoms with E-state index in [0.29, 0.717) is 12.1 Å². The van der Waals surface area contributed by atoms with E-state index in [-0.39, 0.29) is 5.78 Å². The lowest BCUT2D eigenvalue weighted by atomic mass is 10.1. The Labute approximate surface area is 122 Å². The second-order valence-corrected chi connectivity index (χ2v) is 5.96. The van der Waals surface area contributed by atoms with Gasteiger partial charge in [-0.15, -0.1) is 11.3 Å². The van der Waals surface area contributed by atoms with Crippen molar-refractivity contribution in [2.24, 2.45) is 0 Å². The Morgan fingerprint density at radius 2 is 1.90 bits per heavy atom. The minimum atomic E-state index is 0.0892. The van der Waals surface area contributed by atoms with Crippen LogP contribution in [0.5, 0.6) is 0 Å². The number of pyridine rings is 1. The first-order valence-electron chi connectivity index (χ1n) is 6.72. The van der Waals surface area contributed by atoms with Gasteiger partial charge in [0.1, 0.15) is 5.69 Å². The van der Waals surface area contributed by atoms with E-state index < -0.39 is 0 Å².